The Morgan fingerprint density at radius 3 is 2.80 bits per heavy atom. The van der Waals surface area contributed by atoms with E-state index in [0.717, 1.165) is 0 Å². The summed E-state index contributed by atoms with van der Waals surface area (Å²) in [5, 5.41) is 12.4. The third-order valence-corrected chi connectivity index (χ3v) is 4.85. The van der Waals surface area contributed by atoms with Gasteiger partial charge in [0, 0.05) is 12.5 Å². The lowest BCUT2D eigenvalue weighted by Crippen LogP contribution is -2.48. The first-order valence-electron chi connectivity index (χ1n) is 8.26. The molecule has 0 bridgehead atoms. The highest BCUT2D eigenvalue weighted by Crippen LogP contribution is 2.44. The Hall–Kier alpha value is -1.90. The van der Waals surface area contributed by atoms with Gasteiger partial charge in [-0.2, -0.15) is 4.98 Å². The summed E-state index contributed by atoms with van der Waals surface area (Å²) in [6, 6.07) is 3.11. The molecule has 2 fully saturated rings. The zero-order chi connectivity index (χ0) is 18.1. The number of ether oxygens (including phenoxy) is 4. The molecule has 1 spiro atoms. The van der Waals surface area contributed by atoms with Gasteiger partial charge in [-0.15, -0.1) is 0 Å². The number of methoxy groups -OCH3 is 1. The molecule has 8 nitrogen and oxygen atoms in total. The van der Waals surface area contributed by atoms with E-state index < -0.39 is 11.8 Å². The van der Waals surface area contributed by atoms with Crippen molar-refractivity contribution < 1.29 is 28.8 Å². The van der Waals surface area contributed by atoms with E-state index in [-0.39, 0.29) is 22.8 Å². The molecular formula is C17H24N2O6. The molecule has 0 radical (unpaired) electrons. The Bertz CT molecular complexity index is 637. The van der Waals surface area contributed by atoms with Crippen molar-refractivity contribution in [3.05, 3.63) is 17.7 Å². The highest BCUT2D eigenvalue weighted by atomic mass is 16.8. The molecule has 138 valence electrons. The van der Waals surface area contributed by atoms with Crippen molar-refractivity contribution in [2.75, 3.05) is 45.4 Å². The van der Waals surface area contributed by atoms with E-state index >= 15 is 0 Å². The van der Waals surface area contributed by atoms with Crippen LogP contribution in [0.5, 0.6) is 5.88 Å². The number of rotatable bonds is 6. The molecule has 3 heterocycles. The SMILES string of the molecule is COc1nc(NCC(C)(C)C2COCC23OCCO3)ccc1C(=O)O. The van der Waals surface area contributed by atoms with Gasteiger partial charge in [0.05, 0.1) is 26.9 Å². The van der Waals surface area contributed by atoms with Crippen molar-refractivity contribution in [2.24, 2.45) is 11.3 Å². The van der Waals surface area contributed by atoms with Gasteiger partial charge < -0.3 is 29.4 Å². The average molecular weight is 352 g/mol. The molecule has 2 aliphatic rings. The number of aromatic carboxylic acids is 1. The number of carbonyl (C=O) groups is 1. The van der Waals surface area contributed by atoms with Crippen LogP contribution in [-0.4, -0.2) is 61.9 Å². The Morgan fingerprint density at radius 2 is 2.16 bits per heavy atom. The largest absolute Gasteiger partial charge is 0.480 e. The molecule has 1 atom stereocenters. The molecule has 1 aromatic heterocycles. The highest BCUT2D eigenvalue weighted by Gasteiger charge is 2.55. The summed E-state index contributed by atoms with van der Waals surface area (Å²) in [7, 11) is 1.40. The van der Waals surface area contributed by atoms with Crippen LogP contribution in [0.15, 0.2) is 12.1 Å². The number of nitrogens with zero attached hydrogens (tertiary/aromatic N) is 1. The molecule has 0 saturated carbocycles. The monoisotopic (exact) mass is 352 g/mol. The molecule has 1 unspecified atom stereocenters. The first-order chi connectivity index (χ1) is 11.9. The fourth-order valence-electron chi connectivity index (χ4n) is 3.42. The minimum atomic E-state index is -1.07. The Kier molecular flexibility index (Phi) is 4.86. The summed E-state index contributed by atoms with van der Waals surface area (Å²) in [5.41, 5.74) is -0.162. The van der Waals surface area contributed by atoms with Crippen LogP contribution in [0.1, 0.15) is 24.2 Å². The number of nitrogens with one attached hydrogen (secondary N) is 1. The van der Waals surface area contributed by atoms with Crippen molar-refractivity contribution in [1.29, 1.82) is 0 Å². The molecule has 2 N–H and O–H groups in total. The van der Waals surface area contributed by atoms with Crippen LogP contribution in [0.4, 0.5) is 5.82 Å². The molecule has 0 aromatic carbocycles. The van der Waals surface area contributed by atoms with Crippen LogP contribution in [0.25, 0.3) is 0 Å². The lowest BCUT2D eigenvalue weighted by Gasteiger charge is -2.39. The van der Waals surface area contributed by atoms with Crippen LogP contribution >= 0.6 is 0 Å². The van der Waals surface area contributed by atoms with Crippen molar-refractivity contribution in [2.45, 2.75) is 19.6 Å². The maximum atomic E-state index is 11.1. The molecule has 1 aromatic rings. The first-order valence-corrected chi connectivity index (χ1v) is 8.26. The molecule has 0 aliphatic carbocycles. The molecule has 3 rings (SSSR count). The molecule has 25 heavy (non-hydrogen) atoms. The summed E-state index contributed by atoms with van der Waals surface area (Å²) in [4.78, 5) is 15.4. The number of carboxylic acids is 1. The quantitative estimate of drug-likeness (QED) is 0.797. The van der Waals surface area contributed by atoms with E-state index in [0.29, 0.717) is 38.8 Å². The minimum absolute atomic E-state index is 0.0308. The third kappa shape index (κ3) is 3.42. The summed E-state index contributed by atoms with van der Waals surface area (Å²) >= 11 is 0. The molecule has 8 heteroatoms. The lowest BCUT2D eigenvalue weighted by molar-refractivity contribution is -0.196. The number of hydrogen-bond acceptors (Lipinski definition) is 7. The van der Waals surface area contributed by atoms with Crippen molar-refractivity contribution in [1.82, 2.24) is 4.98 Å². The number of pyridine rings is 1. The van der Waals surface area contributed by atoms with Gasteiger partial charge in [0.25, 0.3) is 0 Å². The van der Waals surface area contributed by atoms with E-state index in [1.54, 1.807) is 6.07 Å². The lowest BCUT2D eigenvalue weighted by atomic mass is 9.75. The smallest absolute Gasteiger partial charge is 0.341 e. The predicted octanol–water partition coefficient (Wildman–Crippen LogP) is 1.62. The van der Waals surface area contributed by atoms with Crippen molar-refractivity contribution >= 4 is 11.8 Å². The summed E-state index contributed by atoms with van der Waals surface area (Å²) in [6.45, 7) is 7.02. The van der Waals surface area contributed by atoms with Crippen molar-refractivity contribution in [3.8, 4) is 5.88 Å². The standard InChI is InChI=1S/C17H24N2O6/c1-16(2,12-8-23-10-17(12)24-6-7-25-17)9-18-13-5-4-11(15(20)21)14(19-13)22-3/h4-5,12H,6-10H2,1-3H3,(H,18,19)(H,20,21). The molecule has 2 saturated heterocycles. The van der Waals surface area contributed by atoms with Gasteiger partial charge in [-0.1, -0.05) is 13.8 Å². The van der Waals surface area contributed by atoms with Gasteiger partial charge in [0.1, 0.15) is 18.0 Å². The first kappa shape index (κ1) is 17.9. The number of aromatic nitrogens is 1. The van der Waals surface area contributed by atoms with E-state index in [4.69, 9.17) is 24.1 Å². The Balaban J connectivity index is 1.71. The van der Waals surface area contributed by atoms with Crippen LogP contribution in [0, 0.1) is 11.3 Å². The van der Waals surface area contributed by atoms with Crippen LogP contribution < -0.4 is 10.1 Å². The minimum Gasteiger partial charge on any atom is -0.480 e. The highest BCUT2D eigenvalue weighted by molar-refractivity contribution is 5.90. The maximum Gasteiger partial charge on any atom is 0.341 e. The zero-order valence-electron chi connectivity index (χ0n) is 14.7. The second-order valence-corrected chi connectivity index (χ2v) is 6.98. The summed E-state index contributed by atoms with van der Waals surface area (Å²) < 4.78 is 22.4. The van der Waals surface area contributed by atoms with Crippen LogP contribution in [0.3, 0.4) is 0 Å². The van der Waals surface area contributed by atoms with E-state index in [1.165, 1.54) is 13.2 Å². The van der Waals surface area contributed by atoms with Gasteiger partial charge >= 0.3 is 5.97 Å². The molecule has 2 aliphatic heterocycles. The van der Waals surface area contributed by atoms with Gasteiger partial charge in [-0.05, 0) is 17.5 Å². The molecular weight excluding hydrogens is 328 g/mol. The van der Waals surface area contributed by atoms with Crippen LogP contribution in [0.2, 0.25) is 0 Å². The van der Waals surface area contributed by atoms with Gasteiger partial charge in [-0.25, -0.2) is 4.79 Å². The number of carboxylic acid groups (broad SMARTS) is 1. The fourth-order valence-corrected chi connectivity index (χ4v) is 3.42. The van der Waals surface area contributed by atoms with Gasteiger partial charge in [0.2, 0.25) is 5.88 Å². The fraction of sp³-hybridized carbons (Fsp3) is 0.647. The van der Waals surface area contributed by atoms with Gasteiger partial charge in [0.15, 0.2) is 5.79 Å². The number of anilines is 1. The normalized spacial score (nSPS) is 22.3. The third-order valence-electron chi connectivity index (χ3n) is 4.85. The van der Waals surface area contributed by atoms with Crippen molar-refractivity contribution in [3.63, 3.8) is 0 Å². The number of hydrogen-bond donors (Lipinski definition) is 2. The second-order valence-electron chi connectivity index (χ2n) is 6.98. The average Bonchev–Trinajstić information content (AvgIpc) is 3.23. The van der Waals surface area contributed by atoms with Crippen LogP contribution in [-0.2, 0) is 14.2 Å². The second kappa shape index (κ2) is 6.78. The van der Waals surface area contributed by atoms with Gasteiger partial charge in [-0.3, -0.25) is 0 Å². The Morgan fingerprint density at radius 1 is 1.44 bits per heavy atom. The van der Waals surface area contributed by atoms with E-state index in [2.05, 4.69) is 24.1 Å². The summed E-state index contributed by atoms with van der Waals surface area (Å²) in [5.74, 6) is -1.02. The van der Waals surface area contributed by atoms with E-state index in [9.17, 15) is 4.79 Å². The maximum absolute atomic E-state index is 11.1. The van der Waals surface area contributed by atoms with E-state index in [1.807, 2.05) is 0 Å². The summed E-state index contributed by atoms with van der Waals surface area (Å²) in [6.07, 6.45) is 0. The predicted molar refractivity (Wildman–Crippen MR) is 89.0 cm³/mol. The molecule has 0 amide bonds. The topological polar surface area (TPSA) is 99.1 Å². The Labute approximate surface area is 146 Å². The zero-order valence-corrected chi connectivity index (χ0v) is 14.7.